The van der Waals surface area contributed by atoms with E-state index in [-0.39, 0.29) is 24.5 Å². The monoisotopic (exact) mass is 452 g/mol. The average molecular weight is 453 g/mol. The van der Waals surface area contributed by atoms with Crippen LogP contribution in [0.15, 0.2) is 60.7 Å². The van der Waals surface area contributed by atoms with Gasteiger partial charge >= 0.3 is 5.97 Å². The number of carboxylic acid groups (broad SMARTS) is 1. The summed E-state index contributed by atoms with van der Waals surface area (Å²) in [6.45, 7) is 0. The Labute approximate surface area is 191 Å². The van der Waals surface area contributed by atoms with Crippen LogP contribution in [-0.2, 0) is 9.59 Å². The first-order chi connectivity index (χ1) is 15.9. The van der Waals surface area contributed by atoms with Gasteiger partial charge < -0.3 is 24.8 Å². The zero-order chi connectivity index (χ0) is 23.4. The van der Waals surface area contributed by atoms with Crippen LogP contribution in [0.5, 0.6) is 11.5 Å². The molecule has 1 aliphatic heterocycles. The fourth-order valence-corrected chi connectivity index (χ4v) is 4.39. The zero-order valence-electron chi connectivity index (χ0n) is 18.2. The Balaban J connectivity index is 1.36. The summed E-state index contributed by atoms with van der Waals surface area (Å²) in [5.41, 5.74) is 0. The topological polar surface area (TPSA) is 113 Å². The minimum Gasteiger partial charge on any atom is -0.481 e. The summed E-state index contributed by atoms with van der Waals surface area (Å²) in [5.74, 6) is -0.516. The summed E-state index contributed by atoms with van der Waals surface area (Å²) in [6.07, 6.45) is 5.97. The van der Waals surface area contributed by atoms with Crippen molar-refractivity contribution in [2.24, 2.45) is 11.8 Å². The number of fused-ring (bicyclic) bond motifs is 2. The molecule has 1 aliphatic carbocycles. The van der Waals surface area contributed by atoms with Gasteiger partial charge in [0.25, 0.3) is 6.29 Å². The number of unbranched alkanes of at least 4 members (excludes halogenated alkanes) is 1. The van der Waals surface area contributed by atoms with Crippen LogP contribution >= 0.6 is 0 Å². The summed E-state index contributed by atoms with van der Waals surface area (Å²) < 4.78 is 11.6. The molecule has 33 heavy (non-hydrogen) atoms. The number of ketones is 1. The zero-order valence-corrected chi connectivity index (χ0v) is 18.2. The molecule has 0 amide bonds. The molecule has 0 spiro atoms. The summed E-state index contributed by atoms with van der Waals surface area (Å²) >= 11 is 0. The number of allylic oxidation sites excluding steroid dienone is 2. The highest BCUT2D eigenvalue weighted by Crippen LogP contribution is 2.39. The molecule has 1 fully saturated rings. The van der Waals surface area contributed by atoms with E-state index in [1.165, 1.54) is 6.08 Å². The van der Waals surface area contributed by atoms with Crippen LogP contribution in [0.4, 0.5) is 0 Å². The maximum absolute atomic E-state index is 12.4. The van der Waals surface area contributed by atoms with Crippen LogP contribution in [0.25, 0.3) is 10.8 Å². The van der Waals surface area contributed by atoms with Crippen molar-refractivity contribution < 1.29 is 34.4 Å². The van der Waals surface area contributed by atoms with Crippen molar-refractivity contribution >= 4 is 22.5 Å². The molecule has 0 aromatic heterocycles. The third-order valence-corrected chi connectivity index (χ3v) is 6.16. The lowest BCUT2D eigenvalue weighted by molar-refractivity contribution is -0.137. The van der Waals surface area contributed by atoms with Crippen LogP contribution in [0, 0.1) is 11.8 Å². The molecule has 7 nitrogen and oxygen atoms in total. The molecule has 3 N–H and O–H groups in total. The SMILES string of the molecule is O=C(O)CCC/C=C\C[C@H]1C(=O)C[C@@H](O)[C@@H]1/C=C/[C@@H](O)C1Oc2cc3ccccc3cc2O1. The lowest BCUT2D eigenvalue weighted by Crippen LogP contribution is -2.32. The van der Waals surface area contributed by atoms with E-state index in [4.69, 9.17) is 14.6 Å². The number of aliphatic hydroxyl groups is 2. The first kappa shape index (κ1) is 23.0. The number of aliphatic hydroxyl groups excluding tert-OH is 2. The quantitative estimate of drug-likeness (QED) is 0.393. The van der Waals surface area contributed by atoms with Crippen LogP contribution in [0.3, 0.4) is 0 Å². The lowest BCUT2D eigenvalue weighted by Gasteiger charge is -2.18. The number of carbonyl (C=O) groups is 2. The van der Waals surface area contributed by atoms with Crippen LogP contribution in [0.2, 0.25) is 0 Å². The van der Waals surface area contributed by atoms with Gasteiger partial charge in [0.2, 0.25) is 0 Å². The minimum atomic E-state index is -1.07. The van der Waals surface area contributed by atoms with E-state index in [2.05, 4.69) is 0 Å². The lowest BCUT2D eigenvalue weighted by atomic mass is 9.90. The molecule has 174 valence electrons. The van der Waals surface area contributed by atoms with Gasteiger partial charge in [0.1, 0.15) is 11.9 Å². The fourth-order valence-electron chi connectivity index (χ4n) is 4.39. The first-order valence-corrected chi connectivity index (χ1v) is 11.2. The Morgan fingerprint density at radius 1 is 1.12 bits per heavy atom. The van der Waals surface area contributed by atoms with Gasteiger partial charge in [0, 0.05) is 24.7 Å². The molecule has 0 unspecified atom stereocenters. The summed E-state index contributed by atoms with van der Waals surface area (Å²) in [7, 11) is 0. The van der Waals surface area contributed by atoms with E-state index < -0.39 is 30.4 Å². The average Bonchev–Trinajstić information content (AvgIpc) is 3.32. The number of carbonyl (C=O) groups excluding carboxylic acids is 1. The minimum absolute atomic E-state index is 0.0192. The van der Waals surface area contributed by atoms with E-state index >= 15 is 0 Å². The van der Waals surface area contributed by atoms with Gasteiger partial charge in [0.05, 0.1) is 6.10 Å². The van der Waals surface area contributed by atoms with Crippen molar-refractivity contribution in [1.82, 2.24) is 0 Å². The summed E-state index contributed by atoms with van der Waals surface area (Å²) in [5, 5.41) is 31.7. The second kappa shape index (κ2) is 10.2. The molecule has 0 saturated heterocycles. The predicted octanol–water partition coefficient (Wildman–Crippen LogP) is 3.62. The molecule has 7 heteroatoms. The maximum Gasteiger partial charge on any atom is 0.303 e. The van der Waals surface area contributed by atoms with Crippen molar-refractivity contribution in [2.75, 3.05) is 0 Å². The van der Waals surface area contributed by atoms with E-state index in [1.807, 2.05) is 48.6 Å². The van der Waals surface area contributed by atoms with E-state index in [1.54, 1.807) is 6.08 Å². The van der Waals surface area contributed by atoms with Gasteiger partial charge in [-0.15, -0.1) is 0 Å². The van der Waals surface area contributed by atoms with Crippen LogP contribution < -0.4 is 9.47 Å². The Hall–Kier alpha value is -3.16. The second-order valence-corrected chi connectivity index (χ2v) is 8.54. The molecule has 1 saturated carbocycles. The largest absolute Gasteiger partial charge is 0.481 e. The van der Waals surface area contributed by atoms with Gasteiger partial charge in [-0.3, -0.25) is 9.59 Å². The van der Waals surface area contributed by atoms with Gasteiger partial charge in [0.15, 0.2) is 11.5 Å². The van der Waals surface area contributed by atoms with Gasteiger partial charge in [-0.25, -0.2) is 0 Å². The Bertz CT molecular complexity index is 1030. The normalized spacial score (nSPS) is 23.8. The van der Waals surface area contributed by atoms with Crippen molar-refractivity contribution in [3.63, 3.8) is 0 Å². The number of aliphatic carboxylic acids is 1. The molecule has 2 aliphatic rings. The number of hydrogen-bond acceptors (Lipinski definition) is 6. The molecule has 2 aromatic rings. The van der Waals surface area contributed by atoms with E-state index in [0.717, 1.165) is 10.8 Å². The van der Waals surface area contributed by atoms with Crippen molar-refractivity contribution in [2.45, 2.75) is 50.6 Å². The third kappa shape index (κ3) is 5.43. The van der Waals surface area contributed by atoms with Gasteiger partial charge in [-0.05, 0) is 42.2 Å². The number of Topliss-reactive ketones (excluding diaryl/α,β-unsaturated/α-hetero) is 1. The molecule has 1 heterocycles. The third-order valence-electron chi connectivity index (χ3n) is 6.16. The van der Waals surface area contributed by atoms with Crippen LogP contribution in [-0.4, -0.2) is 45.6 Å². The highest BCUT2D eigenvalue weighted by molar-refractivity contribution is 5.86. The van der Waals surface area contributed by atoms with Gasteiger partial charge in [-0.2, -0.15) is 0 Å². The van der Waals surface area contributed by atoms with E-state index in [0.29, 0.717) is 30.8 Å². The smallest absolute Gasteiger partial charge is 0.303 e. The van der Waals surface area contributed by atoms with E-state index in [9.17, 15) is 19.8 Å². The fraction of sp³-hybridized carbons (Fsp3) is 0.385. The predicted molar refractivity (Wildman–Crippen MR) is 122 cm³/mol. The Morgan fingerprint density at radius 3 is 2.42 bits per heavy atom. The first-order valence-electron chi connectivity index (χ1n) is 11.2. The highest BCUT2D eigenvalue weighted by Gasteiger charge is 2.39. The maximum atomic E-state index is 12.4. The molecule has 4 atom stereocenters. The molecular weight excluding hydrogens is 424 g/mol. The van der Waals surface area contributed by atoms with Crippen molar-refractivity contribution in [3.05, 3.63) is 60.7 Å². The number of benzene rings is 2. The standard InChI is InChI=1S/C26H28O7/c27-20(26-32-23-13-16-7-5-6-8-17(16)14-24(23)33-26)12-11-19-18(21(28)15-22(19)29)9-3-1-2-4-10-25(30)31/h1,3,5-8,11-14,18-20,22,26-27,29H,2,4,9-10,15H2,(H,30,31)/b3-1-,12-11+/t18-,19-,20-,22-/m1/s1. The molecule has 2 aromatic carbocycles. The highest BCUT2D eigenvalue weighted by atomic mass is 16.7. The summed E-state index contributed by atoms with van der Waals surface area (Å²) in [4.78, 5) is 22.9. The number of rotatable bonds is 9. The Kier molecular flexibility index (Phi) is 7.11. The number of hydrogen-bond donors (Lipinski definition) is 3. The van der Waals surface area contributed by atoms with Gasteiger partial charge in [-0.1, -0.05) is 48.6 Å². The second-order valence-electron chi connectivity index (χ2n) is 8.54. The molecule has 4 rings (SSSR count). The molecular formula is C26H28O7. The number of carboxylic acids is 1. The van der Waals surface area contributed by atoms with Crippen molar-refractivity contribution in [3.8, 4) is 11.5 Å². The molecule has 0 radical (unpaired) electrons. The molecule has 0 bridgehead atoms. The Morgan fingerprint density at radius 2 is 1.79 bits per heavy atom. The van der Waals surface area contributed by atoms with Crippen LogP contribution in [0.1, 0.15) is 32.1 Å². The summed E-state index contributed by atoms with van der Waals surface area (Å²) in [6, 6.07) is 11.6. The number of ether oxygens (including phenoxy) is 2. The van der Waals surface area contributed by atoms with Crippen molar-refractivity contribution in [1.29, 1.82) is 0 Å².